The van der Waals surface area contributed by atoms with E-state index in [1.54, 1.807) is 14.2 Å². The van der Waals surface area contributed by atoms with E-state index in [0.29, 0.717) is 22.4 Å². The van der Waals surface area contributed by atoms with Gasteiger partial charge in [-0.15, -0.1) is 0 Å². The fourth-order valence-electron chi connectivity index (χ4n) is 4.24. The molecule has 2 aromatic carbocycles. The van der Waals surface area contributed by atoms with Crippen LogP contribution < -0.4 is 14.8 Å². The summed E-state index contributed by atoms with van der Waals surface area (Å²) >= 11 is 6.46. The smallest absolute Gasteiger partial charge is 0.179 e. The molecule has 1 saturated heterocycles. The average Bonchev–Trinajstić information content (AvgIpc) is 2.66. The highest BCUT2D eigenvalue weighted by molar-refractivity contribution is 6.32. The molecule has 5 heteroatoms. The van der Waals surface area contributed by atoms with Crippen LogP contribution in [0.1, 0.15) is 41.7 Å². The second-order valence-corrected chi connectivity index (χ2v) is 7.46. The van der Waals surface area contributed by atoms with Gasteiger partial charge in [-0.2, -0.15) is 0 Å². The van der Waals surface area contributed by atoms with Crippen LogP contribution in [0, 0.1) is 12.8 Å². The van der Waals surface area contributed by atoms with Crippen LogP contribution in [-0.4, -0.2) is 20.8 Å². The summed E-state index contributed by atoms with van der Waals surface area (Å²) in [6, 6.07) is 10.6. The number of ether oxygens (including phenoxy) is 3. The molecule has 138 valence electrons. The molecule has 0 bridgehead atoms. The van der Waals surface area contributed by atoms with Crippen LogP contribution in [0.4, 0.5) is 5.69 Å². The van der Waals surface area contributed by atoms with Crippen molar-refractivity contribution in [3.63, 3.8) is 0 Å². The topological polar surface area (TPSA) is 39.7 Å². The molecule has 2 aliphatic heterocycles. The van der Waals surface area contributed by atoms with Gasteiger partial charge in [0.2, 0.25) is 0 Å². The van der Waals surface area contributed by atoms with Crippen LogP contribution in [0.2, 0.25) is 5.02 Å². The molecule has 4 rings (SSSR count). The van der Waals surface area contributed by atoms with Gasteiger partial charge in [0.25, 0.3) is 0 Å². The van der Waals surface area contributed by atoms with Crippen molar-refractivity contribution in [2.75, 3.05) is 26.1 Å². The Bertz CT molecular complexity index is 823. The maximum atomic E-state index is 6.46. The second kappa shape index (κ2) is 7.01. The third-order valence-corrected chi connectivity index (χ3v) is 5.72. The molecule has 0 aromatic heterocycles. The number of rotatable bonds is 3. The summed E-state index contributed by atoms with van der Waals surface area (Å²) in [4.78, 5) is 0. The molecule has 0 unspecified atom stereocenters. The van der Waals surface area contributed by atoms with E-state index in [2.05, 4.69) is 30.4 Å². The maximum absolute atomic E-state index is 6.46. The molecule has 26 heavy (non-hydrogen) atoms. The van der Waals surface area contributed by atoms with E-state index in [9.17, 15) is 0 Å². The number of benzene rings is 2. The van der Waals surface area contributed by atoms with E-state index in [1.807, 2.05) is 12.1 Å². The average molecular weight is 374 g/mol. The van der Waals surface area contributed by atoms with Crippen molar-refractivity contribution >= 4 is 17.3 Å². The Labute approximate surface area is 159 Å². The van der Waals surface area contributed by atoms with Gasteiger partial charge in [-0.1, -0.05) is 29.3 Å². The number of methoxy groups -OCH3 is 2. The Balaban J connectivity index is 1.79. The van der Waals surface area contributed by atoms with Gasteiger partial charge >= 0.3 is 0 Å². The summed E-state index contributed by atoms with van der Waals surface area (Å²) in [5.41, 5.74) is 4.75. The van der Waals surface area contributed by atoms with Crippen LogP contribution in [0.15, 0.2) is 30.3 Å². The number of hydrogen-bond donors (Lipinski definition) is 1. The van der Waals surface area contributed by atoms with Crippen molar-refractivity contribution in [2.45, 2.75) is 31.9 Å². The van der Waals surface area contributed by atoms with E-state index >= 15 is 0 Å². The van der Waals surface area contributed by atoms with Crippen molar-refractivity contribution in [1.29, 1.82) is 0 Å². The van der Waals surface area contributed by atoms with Crippen molar-refractivity contribution in [3.8, 4) is 11.5 Å². The summed E-state index contributed by atoms with van der Waals surface area (Å²) in [6.07, 6.45) is 2.29. The number of anilines is 1. The molecule has 0 saturated carbocycles. The molecular weight excluding hydrogens is 350 g/mol. The van der Waals surface area contributed by atoms with E-state index in [4.69, 9.17) is 25.8 Å². The molecule has 4 nitrogen and oxygen atoms in total. The molecule has 0 radical (unpaired) electrons. The van der Waals surface area contributed by atoms with E-state index in [0.717, 1.165) is 30.7 Å². The van der Waals surface area contributed by atoms with Gasteiger partial charge in [-0.3, -0.25) is 0 Å². The summed E-state index contributed by atoms with van der Waals surface area (Å²) in [5, 5.41) is 4.28. The van der Waals surface area contributed by atoms with Gasteiger partial charge in [0.05, 0.1) is 31.4 Å². The van der Waals surface area contributed by atoms with Crippen molar-refractivity contribution in [1.82, 2.24) is 0 Å². The first kappa shape index (κ1) is 17.5. The molecule has 3 atom stereocenters. The minimum atomic E-state index is 0.108. The number of halogens is 1. The van der Waals surface area contributed by atoms with E-state index < -0.39 is 0 Å². The van der Waals surface area contributed by atoms with Crippen molar-refractivity contribution < 1.29 is 14.2 Å². The molecule has 0 aliphatic carbocycles. The quantitative estimate of drug-likeness (QED) is 0.792. The Hall–Kier alpha value is -1.91. The first-order valence-electron chi connectivity index (χ1n) is 9.02. The van der Waals surface area contributed by atoms with Crippen molar-refractivity contribution in [2.24, 2.45) is 5.92 Å². The lowest BCUT2D eigenvalue weighted by Crippen LogP contribution is -2.36. The molecule has 1 fully saturated rings. The lowest BCUT2D eigenvalue weighted by molar-refractivity contribution is -0.0381. The first-order valence-corrected chi connectivity index (χ1v) is 9.40. The molecule has 0 amide bonds. The summed E-state index contributed by atoms with van der Waals surface area (Å²) < 4.78 is 17.1. The number of hydrogen-bond acceptors (Lipinski definition) is 4. The van der Waals surface area contributed by atoms with Crippen molar-refractivity contribution in [3.05, 3.63) is 52.0 Å². The lowest BCUT2D eigenvalue weighted by Gasteiger charge is -2.43. The van der Waals surface area contributed by atoms with Gasteiger partial charge < -0.3 is 19.5 Å². The van der Waals surface area contributed by atoms with Gasteiger partial charge in [0.15, 0.2) is 11.5 Å². The summed E-state index contributed by atoms with van der Waals surface area (Å²) in [5.74, 6) is 1.58. The van der Waals surface area contributed by atoms with Crippen LogP contribution in [0.25, 0.3) is 0 Å². The zero-order chi connectivity index (χ0) is 18.3. The third-order valence-electron chi connectivity index (χ3n) is 5.44. The first-order chi connectivity index (χ1) is 12.6. The monoisotopic (exact) mass is 373 g/mol. The highest BCUT2D eigenvalue weighted by atomic mass is 35.5. The molecule has 2 heterocycles. The standard InChI is InChI=1S/C21H24ClNO3/c1-12-6-7-17-15(9-12)20-14(5-4-8-26-20)19(23-17)13-10-16(22)21(25-3)18(11-13)24-2/h6-7,9-11,14,19-20,23H,4-5,8H2,1-3H3/t14-,19-,20+/m0/s1. The predicted molar refractivity (Wildman–Crippen MR) is 104 cm³/mol. The fourth-order valence-corrected chi connectivity index (χ4v) is 4.53. The second-order valence-electron chi connectivity index (χ2n) is 7.05. The van der Waals surface area contributed by atoms with Crippen LogP contribution in [0.3, 0.4) is 0 Å². The Morgan fingerprint density at radius 1 is 1.15 bits per heavy atom. The zero-order valence-corrected chi connectivity index (χ0v) is 16.1. The largest absolute Gasteiger partial charge is 0.493 e. The molecule has 2 aromatic rings. The van der Waals surface area contributed by atoms with Gasteiger partial charge in [0.1, 0.15) is 0 Å². The van der Waals surface area contributed by atoms with Gasteiger partial charge in [-0.05, 0) is 43.5 Å². The molecular formula is C21H24ClNO3. The molecule has 0 spiro atoms. The minimum absolute atomic E-state index is 0.108. The Morgan fingerprint density at radius 3 is 2.77 bits per heavy atom. The SMILES string of the molecule is COc1cc([C@@H]2Nc3ccc(C)cc3[C@@H]3OCCC[C@@H]23)cc(Cl)c1OC. The summed E-state index contributed by atoms with van der Waals surface area (Å²) in [6.45, 7) is 2.94. The maximum Gasteiger partial charge on any atom is 0.179 e. The molecule has 2 aliphatic rings. The number of nitrogens with one attached hydrogen (secondary N) is 1. The van der Waals surface area contributed by atoms with Crippen LogP contribution in [0.5, 0.6) is 11.5 Å². The third kappa shape index (κ3) is 2.91. The normalized spacial score (nSPS) is 24.2. The minimum Gasteiger partial charge on any atom is -0.493 e. The Kier molecular flexibility index (Phi) is 4.72. The highest BCUT2D eigenvalue weighted by Gasteiger charge is 2.40. The number of aryl methyl sites for hydroxylation is 1. The highest BCUT2D eigenvalue weighted by Crippen LogP contribution is 2.50. The van der Waals surface area contributed by atoms with Gasteiger partial charge in [-0.25, -0.2) is 0 Å². The number of fused-ring (bicyclic) bond motifs is 3. The lowest BCUT2D eigenvalue weighted by atomic mass is 9.77. The van der Waals surface area contributed by atoms with E-state index in [-0.39, 0.29) is 12.1 Å². The summed E-state index contributed by atoms with van der Waals surface area (Å²) in [7, 11) is 3.24. The fraction of sp³-hybridized carbons (Fsp3) is 0.429. The van der Waals surface area contributed by atoms with Crippen LogP contribution in [-0.2, 0) is 4.74 Å². The molecule has 1 N–H and O–H groups in total. The van der Waals surface area contributed by atoms with E-state index in [1.165, 1.54) is 11.1 Å². The van der Waals surface area contributed by atoms with Gasteiger partial charge in [0, 0.05) is 23.8 Å². The van der Waals surface area contributed by atoms with Crippen LogP contribution >= 0.6 is 11.6 Å². The zero-order valence-electron chi connectivity index (χ0n) is 15.3. The Morgan fingerprint density at radius 2 is 2.00 bits per heavy atom. The predicted octanol–water partition coefficient (Wildman–Crippen LogP) is 5.30.